The third kappa shape index (κ3) is 8.19. The van der Waals surface area contributed by atoms with Crippen LogP contribution in [0, 0.1) is 11.8 Å². The number of hydrogen-bond donors (Lipinski definition) is 3. The highest BCUT2D eigenvalue weighted by molar-refractivity contribution is 7.97. The van der Waals surface area contributed by atoms with E-state index in [1.165, 1.54) is 4.90 Å². The fourth-order valence-electron chi connectivity index (χ4n) is 5.71. The highest BCUT2D eigenvalue weighted by Gasteiger charge is 2.39. The van der Waals surface area contributed by atoms with Crippen LogP contribution in [0.15, 0.2) is 41.3 Å². The molecule has 42 heavy (non-hydrogen) atoms. The Kier molecular flexibility index (Phi) is 10.3. The largest absolute Gasteiger partial charge is 0.495 e. The SMILES string of the molecule is COc1cc(SNC2CCOCC2)ccc1NCC#CC1Cc2c(NC3CCN(C)CC3)cccc2N1CC(F)(F)F. The number of methoxy groups -OCH3 is 1. The Morgan fingerprint density at radius 1 is 1.05 bits per heavy atom. The number of rotatable bonds is 9. The summed E-state index contributed by atoms with van der Waals surface area (Å²) >= 11 is 1.58. The first-order valence-electron chi connectivity index (χ1n) is 14.6. The average Bonchev–Trinajstić information content (AvgIpc) is 3.32. The molecule has 0 amide bonds. The number of ether oxygens (including phenoxy) is 2. The van der Waals surface area contributed by atoms with Gasteiger partial charge in [0.25, 0.3) is 0 Å². The van der Waals surface area contributed by atoms with Gasteiger partial charge in [0.15, 0.2) is 0 Å². The number of alkyl halides is 3. The van der Waals surface area contributed by atoms with Gasteiger partial charge in [-0.25, -0.2) is 0 Å². The van der Waals surface area contributed by atoms with Gasteiger partial charge in [-0.3, -0.25) is 4.72 Å². The maximum atomic E-state index is 13.6. The molecule has 1 atom stereocenters. The molecule has 2 aromatic carbocycles. The molecule has 7 nitrogen and oxygen atoms in total. The van der Waals surface area contributed by atoms with Gasteiger partial charge in [-0.05, 0) is 88.1 Å². The molecule has 228 valence electrons. The van der Waals surface area contributed by atoms with Gasteiger partial charge in [0.1, 0.15) is 12.3 Å². The standard InChI is InChI=1S/C31H40F3N5O2S/c1-38-15-10-22(11-16-38)36-27-6-3-7-29-26(27)19-24(39(29)21-31(32,33)34)5-4-14-35-28-9-8-25(20-30(28)40-2)42-37-23-12-17-41-18-13-23/h3,6-9,20,22-24,35-37H,10-19,21H2,1-2H3. The molecule has 0 aliphatic carbocycles. The molecule has 3 heterocycles. The molecule has 0 aromatic heterocycles. The van der Waals surface area contributed by atoms with E-state index in [2.05, 4.69) is 39.1 Å². The van der Waals surface area contributed by atoms with Gasteiger partial charge in [-0.2, -0.15) is 13.2 Å². The fourth-order valence-corrected chi connectivity index (χ4v) is 6.55. The van der Waals surface area contributed by atoms with E-state index >= 15 is 0 Å². The molecular weight excluding hydrogens is 563 g/mol. The second-order valence-electron chi connectivity index (χ2n) is 11.1. The van der Waals surface area contributed by atoms with Gasteiger partial charge in [0, 0.05) is 53.6 Å². The lowest BCUT2D eigenvalue weighted by Crippen LogP contribution is -2.39. The molecular formula is C31H40F3N5O2S. The Balaban J connectivity index is 1.23. The number of fused-ring (bicyclic) bond motifs is 1. The number of benzene rings is 2. The first-order chi connectivity index (χ1) is 20.3. The Hall–Kier alpha value is -2.78. The molecule has 0 radical (unpaired) electrons. The average molecular weight is 604 g/mol. The predicted molar refractivity (Wildman–Crippen MR) is 164 cm³/mol. The first kappa shape index (κ1) is 30.7. The van der Waals surface area contributed by atoms with E-state index in [0.29, 0.717) is 29.9 Å². The smallest absolute Gasteiger partial charge is 0.405 e. The molecule has 3 N–H and O–H groups in total. The number of nitrogens with one attached hydrogen (secondary N) is 3. The summed E-state index contributed by atoms with van der Waals surface area (Å²) in [5, 5.41) is 6.89. The summed E-state index contributed by atoms with van der Waals surface area (Å²) in [6.45, 7) is 2.84. The minimum Gasteiger partial charge on any atom is -0.495 e. The van der Waals surface area contributed by atoms with Crippen molar-refractivity contribution in [3.8, 4) is 17.6 Å². The van der Waals surface area contributed by atoms with Crippen molar-refractivity contribution in [2.24, 2.45) is 0 Å². The van der Waals surface area contributed by atoms with Crippen LogP contribution in [0.5, 0.6) is 5.75 Å². The van der Waals surface area contributed by atoms with Gasteiger partial charge >= 0.3 is 6.18 Å². The number of piperidine rings is 1. The maximum Gasteiger partial charge on any atom is 0.405 e. The fraction of sp³-hybridized carbons (Fsp3) is 0.548. The molecule has 11 heteroatoms. The third-order valence-electron chi connectivity index (χ3n) is 8.04. The second kappa shape index (κ2) is 14.1. The Morgan fingerprint density at radius 2 is 1.83 bits per heavy atom. The zero-order chi connectivity index (χ0) is 29.5. The van der Waals surface area contributed by atoms with Crippen LogP contribution in [0.1, 0.15) is 31.2 Å². The number of hydrogen-bond acceptors (Lipinski definition) is 8. The molecule has 5 rings (SSSR count). The van der Waals surface area contributed by atoms with Crippen LogP contribution in [0.3, 0.4) is 0 Å². The van der Waals surface area contributed by atoms with Gasteiger partial charge in [-0.1, -0.05) is 17.9 Å². The van der Waals surface area contributed by atoms with Crippen molar-refractivity contribution in [2.75, 3.05) is 69.1 Å². The molecule has 0 spiro atoms. The summed E-state index contributed by atoms with van der Waals surface area (Å²) in [7, 11) is 3.73. The van der Waals surface area contributed by atoms with E-state index in [1.54, 1.807) is 25.1 Å². The summed E-state index contributed by atoms with van der Waals surface area (Å²) in [6.07, 6.45) is 0.123. The number of anilines is 3. The molecule has 2 saturated heterocycles. The van der Waals surface area contributed by atoms with Crippen molar-refractivity contribution >= 4 is 29.0 Å². The van der Waals surface area contributed by atoms with Crippen LogP contribution in [-0.2, 0) is 11.2 Å². The van der Waals surface area contributed by atoms with E-state index in [9.17, 15) is 13.2 Å². The van der Waals surface area contributed by atoms with Gasteiger partial charge in [0.05, 0.1) is 25.4 Å². The molecule has 3 aliphatic heterocycles. The molecule has 1 unspecified atom stereocenters. The van der Waals surface area contributed by atoms with Crippen molar-refractivity contribution in [3.63, 3.8) is 0 Å². The molecule has 3 aliphatic rings. The van der Waals surface area contributed by atoms with E-state index in [1.807, 2.05) is 30.3 Å². The topological polar surface area (TPSA) is 61.0 Å². The Bertz CT molecular complexity index is 1250. The highest BCUT2D eigenvalue weighted by atomic mass is 32.2. The Morgan fingerprint density at radius 3 is 2.57 bits per heavy atom. The first-order valence-corrected chi connectivity index (χ1v) is 15.4. The van der Waals surface area contributed by atoms with Crippen LogP contribution in [0.2, 0.25) is 0 Å². The number of halogens is 3. The summed E-state index contributed by atoms with van der Waals surface area (Å²) in [6, 6.07) is 11.7. The lowest BCUT2D eigenvalue weighted by Gasteiger charge is -2.30. The second-order valence-corrected chi connectivity index (χ2v) is 12.0. The minimum absolute atomic E-state index is 0.288. The van der Waals surface area contributed by atoms with Crippen molar-refractivity contribution in [3.05, 3.63) is 42.0 Å². The Labute approximate surface area is 251 Å². The van der Waals surface area contributed by atoms with Crippen molar-refractivity contribution in [1.82, 2.24) is 9.62 Å². The summed E-state index contributed by atoms with van der Waals surface area (Å²) in [5.74, 6) is 6.90. The van der Waals surface area contributed by atoms with Crippen LogP contribution < -0.4 is 25.0 Å². The van der Waals surface area contributed by atoms with Crippen LogP contribution in [0.25, 0.3) is 0 Å². The van der Waals surface area contributed by atoms with Gasteiger partial charge in [0.2, 0.25) is 0 Å². The zero-order valence-electron chi connectivity index (χ0n) is 24.2. The molecule has 0 saturated carbocycles. The number of likely N-dealkylation sites (tertiary alicyclic amines) is 1. The summed E-state index contributed by atoms with van der Waals surface area (Å²) < 4.78 is 55.4. The van der Waals surface area contributed by atoms with Crippen molar-refractivity contribution in [1.29, 1.82) is 0 Å². The molecule has 0 bridgehead atoms. The van der Waals surface area contributed by atoms with Crippen LogP contribution >= 0.6 is 11.9 Å². The van der Waals surface area contributed by atoms with E-state index in [-0.39, 0.29) is 6.54 Å². The quantitative estimate of drug-likeness (QED) is 0.261. The summed E-state index contributed by atoms with van der Waals surface area (Å²) in [4.78, 5) is 4.73. The lowest BCUT2D eigenvalue weighted by molar-refractivity contribution is -0.120. The predicted octanol–water partition coefficient (Wildman–Crippen LogP) is 5.39. The van der Waals surface area contributed by atoms with Crippen molar-refractivity contribution < 1.29 is 22.6 Å². The minimum atomic E-state index is -4.33. The van der Waals surface area contributed by atoms with Crippen molar-refractivity contribution in [2.45, 2.75) is 61.3 Å². The third-order valence-corrected chi connectivity index (χ3v) is 8.98. The number of nitrogens with zero attached hydrogens (tertiary/aromatic N) is 2. The summed E-state index contributed by atoms with van der Waals surface area (Å²) in [5.41, 5.74) is 3.23. The molecule has 2 fully saturated rings. The van der Waals surface area contributed by atoms with Crippen LogP contribution in [-0.4, -0.2) is 82.8 Å². The monoisotopic (exact) mass is 603 g/mol. The van der Waals surface area contributed by atoms with E-state index in [4.69, 9.17) is 9.47 Å². The highest BCUT2D eigenvalue weighted by Crippen LogP contribution is 2.39. The van der Waals surface area contributed by atoms with E-state index < -0.39 is 18.8 Å². The van der Waals surface area contributed by atoms with E-state index in [0.717, 1.165) is 73.8 Å². The normalized spacial score (nSPS) is 20.1. The van der Waals surface area contributed by atoms with Crippen LogP contribution in [0.4, 0.5) is 30.2 Å². The van der Waals surface area contributed by atoms with Gasteiger partial charge < -0.3 is 29.9 Å². The maximum absolute atomic E-state index is 13.6. The zero-order valence-corrected chi connectivity index (χ0v) is 25.0. The van der Waals surface area contributed by atoms with Gasteiger partial charge in [-0.15, -0.1) is 0 Å². The molecule has 2 aromatic rings. The lowest BCUT2D eigenvalue weighted by atomic mass is 10.0.